The molecular formula is C10H16ClN3O. The van der Waals surface area contributed by atoms with E-state index < -0.39 is 0 Å². The summed E-state index contributed by atoms with van der Waals surface area (Å²) in [5, 5.41) is 3.25. The van der Waals surface area contributed by atoms with E-state index >= 15 is 0 Å². The molecule has 15 heavy (non-hydrogen) atoms. The average molecular weight is 230 g/mol. The van der Waals surface area contributed by atoms with Crippen molar-refractivity contribution in [1.29, 1.82) is 0 Å². The van der Waals surface area contributed by atoms with Crippen LogP contribution in [0.2, 0.25) is 0 Å². The maximum atomic E-state index is 5.98. The van der Waals surface area contributed by atoms with Crippen LogP contribution < -0.4 is 10.1 Å². The van der Waals surface area contributed by atoms with Crippen LogP contribution in [0.3, 0.4) is 0 Å². The van der Waals surface area contributed by atoms with Gasteiger partial charge in [0, 0.05) is 12.6 Å². The third kappa shape index (κ3) is 4.34. The van der Waals surface area contributed by atoms with Crippen molar-refractivity contribution in [1.82, 2.24) is 9.97 Å². The minimum absolute atomic E-state index is 0.121. The summed E-state index contributed by atoms with van der Waals surface area (Å²) in [7, 11) is 0. The van der Waals surface area contributed by atoms with Crippen LogP contribution >= 0.6 is 11.6 Å². The Labute approximate surface area is 95.0 Å². The van der Waals surface area contributed by atoms with E-state index in [1.807, 2.05) is 13.8 Å². The number of ether oxygens (including phenoxy) is 1. The Morgan fingerprint density at radius 3 is 2.93 bits per heavy atom. The third-order valence-corrected chi connectivity index (χ3v) is 2.34. The van der Waals surface area contributed by atoms with Gasteiger partial charge in [0.05, 0.1) is 12.0 Å². The summed E-state index contributed by atoms with van der Waals surface area (Å²) in [6.07, 6.45) is 2.40. The molecule has 5 heteroatoms. The zero-order chi connectivity index (χ0) is 11.1. The van der Waals surface area contributed by atoms with Gasteiger partial charge in [-0.3, -0.25) is 0 Å². The van der Waals surface area contributed by atoms with E-state index in [1.54, 1.807) is 6.07 Å². The van der Waals surface area contributed by atoms with Gasteiger partial charge < -0.3 is 10.1 Å². The second kappa shape index (κ2) is 6.45. The van der Waals surface area contributed by atoms with Crippen molar-refractivity contribution in [2.45, 2.75) is 25.6 Å². The number of halogens is 1. The molecule has 0 aliphatic heterocycles. The van der Waals surface area contributed by atoms with Gasteiger partial charge in [-0.2, -0.15) is 0 Å². The van der Waals surface area contributed by atoms with Gasteiger partial charge in [-0.1, -0.05) is 6.92 Å². The van der Waals surface area contributed by atoms with E-state index in [9.17, 15) is 0 Å². The standard InChI is InChI=1S/C10H16ClN3O/c1-3-8(11)6-12-9-5-10(15-4-2)14-7-13-9/h5,7-8H,3-4,6H2,1-2H3,(H,12,13,14). The maximum absolute atomic E-state index is 5.98. The SMILES string of the molecule is CCOc1cc(NCC(Cl)CC)ncn1. The lowest BCUT2D eigenvalue weighted by atomic mass is 10.3. The van der Waals surface area contributed by atoms with Crippen molar-refractivity contribution < 1.29 is 4.74 Å². The molecule has 0 bridgehead atoms. The van der Waals surface area contributed by atoms with Crippen molar-refractivity contribution in [2.75, 3.05) is 18.5 Å². The molecule has 1 aromatic heterocycles. The average Bonchev–Trinajstić information content (AvgIpc) is 2.27. The highest BCUT2D eigenvalue weighted by Crippen LogP contribution is 2.11. The molecule has 0 aliphatic carbocycles. The van der Waals surface area contributed by atoms with Crippen molar-refractivity contribution >= 4 is 17.4 Å². The minimum Gasteiger partial charge on any atom is -0.478 e. The summed E-state index contributed by atoms with van der Waals surface area (Å²) in [6, 6.07) is 1.77. The first-order valence-electron chi connectivity index (χ1n) is 5.09. The topological polar surface area (TPSA) is 47.0 Å². The fourth-order valence-corrected chi connectivity index (χ4v) is 1.10. The molecule has 1 heterocycles. The first-order chi connectivity index (χ1) is 7.26. The normalized spacial score (nSPS) is 12.2. The summed E-state index contributed by atoms with van der Waals surface area (Å²) in [5.41, 5.74) is 0. The Kier molecular flexibility index (Phi) is 5.18. The van der Waals surface area contributed by atoms with Crippen LogP contribution in [0, 0.1) is 0 Å². The first kappa shape index (κ1) is 12.0. The number of nitrogens with zero attached hydrogens (tertiary/aromatic N) is 2. The highest BCUT2D eigenvalue weighted by Gasteiger charge is 2.02. The number of hydrogen-bond donors (Lipinski definition) is 1. The molecule has 4 nitrogen and oxygen atoms in total. The van der Waals surface area contributed by atoms with Crippen LogP contribution in [0.1, 0.15) is 20.3 Å². The van der Waals surface area contributed by atoms with Gasteiger partial charge in [0.1, 0.15) is 12.1 Å². The lowest BCUT2D eigenvalue weighted by molar-refractivity contribution is 0.326. The quantitative estimate of drug-likeness (QED) is 0.761. The monoisotopic (exact) mass is 229 g/mol. The van der Waals surface area contributed by atoms with Crippen LogP contribution in [0.25, 0.3) is 0 Å². The van der Waals surface area contributed by atoms with Crippen molar-refractivity contribution in [2.24, 2.45) is 0 Å². The Morgan fingerprint density at radius 2 is 2.27 bits per heavy atom. The predicted octanol–water partition coefficient (Wildman–Crippen LogP) is 2.30. The summed E-state index contributed by atoms with van der Waals surface area (Å²) < 4.78 is 5.26. The molecule has 0 spiro atoms. The van der Waals surface area contributed by atoms with Gasteiger partial charge in [-0.25, -0.2) is 9.97 Å². The zero-order valence-corrected chi connectivity index (χ0v) is 9.79. The molecule has 0 radical (unpaired) electrons. The number of anilines is 1. The maximum Gasteiger partial charge on any atom is 0.218 e. The van der Waals surface area contributed by atoms with Gasteiger partial charge in [-0.05, 0) is 13.3 Å². The minimum atomic E-state index is 0.121. The molecule has 1 N–H and O–H groups in total. The molecule has 0 aliphatic rings. The number of nitrogens with one attached hydrogen (secondary N) is 1. The van der Waals surface area contributed by atoms with E-state index in [4.69, 9.17) is 16.3 Å². The lowest BCUT2D eigenvalue weighted by Crippen LogP contribution is -2.14. The molecule has 0 saturated heterocycles. The van der Waals surface area contributed by atoms with Crippen LogP contribution in [0.15, 0.2) is 12.4 Å². The van der Waals surface area contributed by atoms with Gasteiger partial charge in [0.25, 0.3) is 0 Å². The van der Waals surface area contributed by atoms with Gasteiger partial charge in [-0.15, -0.1) is 11.6 Å². The van der Waals surface area contributed by atoms with Crippen molar-refractivity contribution in [3.63, 3.8) is 0 Å². The van der Waals surface area contributed by atoms with Crippen LogP contribution in [0.5, 0.6) is 5.88 Å². The van der Waals surface area contributed by atoms with Gasteiger partial charge in [0.2, 0.25) is 5.88 Å². The van der Waals surface area contributed by atoms with E-state index in [1.165, 1.54) is 6.33 Å². The van der Waals surface area contributed by atoms with Crippen LogP contribution in [-0.2, 0) is 0 Å². The summed E-state index contributed by atoms with van der Waals surface area (Å²) >= 11 is 5.98. The van der Waals surface area contributed by atoms with Gasteiger partial charge in [0.15, 0.2) is 0 Å². The Hall–Kier alpha value is -1.03. The number of aromatic nitrogens is 2. The van der Waals surface area contributed by atoms with E-state index in [0.29, 0.717) is 19.0 Å². The number of hydrogen-bond acceptors (Lipinski definition) is 4. The van der Waals surface area contributed by atoms with Crippen LogP contribution in [-0.4, -0.2) is 28.5 Å². The molecule has 0 amide bonds. The van der Waals surface area contributed by atoms with Crippen LogP contribution in [0.4, 0.5) is 5.82 Å². The molecule has 1 atom stereocenters. The van der Waals surface area contributed by atoms with E-state index in [2.05, 4.69) is 15.3 Å². The molecule has 0 fully saturated rings. The van der Waals surface area contributed by atoms with E-state index in [-0.39, 0.29) is 5.38 Å². The first-order valence-corrected chi connectivity index (χ1v) is 5.52. The third-order valence-electron chi connectivity index (χ3n) is 1.88. The fourth-order valence-electron chi connectivity index (χ4n) is 1.02. The second-order valence-electron chi connectivity index (χ2n) is 3.06. The molecule has 1 unspecified atom stereocenters. The number of rotatable bonds is 6. The molecule has 0 aromatic carbocycles. The Morgan fingerprint density at radius 1 is 1.47 bits per heavy atom. The van der Waals surface area contributed by atoms with Gasteiger partial charge >= 0.3 is 0 Å². The highest BCUT2D eigenvalue weighted by molar-refractivity contribution is 6.20. The van der Waals surface area contributed by atoms with E-state index in [0.717, 1.165) is 12.2 Å². The largest absolute Gasteiger partial charge is 0.478 e. The molecule has 1 aromatic rings. The van der Waals surface area contributed by atoms with Crippen molar-refractivity contribution in [3.8, 4) is 5.88 Å². The number of alkyl halides is 1. The highest BCUT2D eigenvalue weighted by atomic mass is 35.5. The summed E-state index contributed by atoms with van der Waals surface area (Å²) in [6.45, 7) is 5.26. The summed E-state index contributed by atoms with van der Waals surface area (Å²) in [5.74, 6) is 1.32. The molecule has 0 saturated carbocycles. The lowest BCUT2D eigenvalue weighted by Gasteiger charge is -2.09. The van der Waals surface area contributed by atoms with Crippen molar-refractivity contribution in [3.05, 3.63) is 12.4 Å². The predicted molar refractivity (Wildman–Crippen MR) is 61.6 cm³/mol. The molecule has 1 rings (SSSR count). The fraction of sp³-hybridized carbons (Fsp3) is 0.600. The summed E-state index contributed by atoms with van der Waals surface area (Å²) in [4.78, 5) is 8.04. The second-order valence-corrected chi connectivity index (χ2v) is 3.68. The Bertz CT molecular complexity index is 296. The molecular weight excluding hydrogens is 214 g/mol. The Balaban J connectivity index is 2.50. The zero-order valence-electron chi connectivity index (χ0n) is 9.03. The molecule has 84 valence electrons. The smallest absolute Gasteiger partial charge is 0.218 e.